The van der Waals surface area contributed by atoms with E-state index in [1.54, 1.807) is 6.07 Å². The summed E-state index contributed by atoms with van der Waals surface area (Å²) in [5, 5.41) is 0.577. The smallest absolute Gasteiger partial charge is 0.171 e. The van der Waals surface area contributed by atoms with Crippen LogP contribution < -0.4 is 4.74 Å². The summed E-state index contributed by atoms with van der Waals surface area (Å²) in [7, 11) is 0. The van der Waals surface area contributed by atoms with Crippen molar-refractivity contribution in [2.24, 2.45) is 0 Å². The third-order valence-corrected chi connectivity index (χ3v) is 4.60. The first-order valence-corrected chi connectivity index (χ1v) is 5.92. The Bertz CT molecular complexity index is 361. The molecule has 6 heteroatoms. The second-order valence-corrected chi connectivity index (χ2v) is 5.11. The lowest BCUT2D eigenvalue weighted by molar-refractivity contribution is 0.329. The monoisotopic (exact) mass is 405 g/mol. The van der Waals surface area contributed by atoms with Gasteiger partial charge in [-0.05, 0) is 22.9 Å². The lowest BCUT2D eigenvalue weighted by Crippen LogP contribution is -2.04. The van der Waals surface area contributed by atoms with E-state index in [1.807, 2.05) is 6.92 Å². The zero-order valence-corrected chi connectivity index (χ0v) is 12.8. The number of hydrogen-bond acceptors (Lipinski definition) is 2. The lowest BCUT2D eigenvalue weighted by atomic mass is 10.2. The summed E-state index contributed by atoms with van der Waals surface area (Å²) in [6.45, 7) is 1.88. The number of ether oxygens (including phenoxy) is 1. The van der Waals surface area contributed by atoms with Gasteiger partial charge < -0.3 is 4.74 Å². The first-order chi connectivity index (χ1) is 6.09. The number of nitrogens with zero attached hydrogens (tertiary/aromatic N) is 1. The Morgan fingerprint density at radius 2 is 2.14 bits per heavy atom. The van der Waals surface area contributed by atoms with Gasteiger partial charge in [-0.3, -0.25) is 4.98 Å². The number of rotatable bonds is 0. The number of hydrogen-bond donors (Lipinski definition) is 0. The molecule has 0 aliphatic carbocycles. The molecule has 0 spiro atoms. The second-order valence-electron chi connectivity index (χ2n) is 2.81. The van der Waals surface area contributed by atoms with E-state index >= 15 is 0 Å². The number of aromatic nitrogens is 1. The number of halogens is 4. The fraction of sp³-hybridized carbons (Fsp3) is 0.375. The van der Waals surface area contributed by atoms with Crippen molar-refractivity contribution in [3.63, 3.8) is 0 Å². The molecular weight excluding hydrogens is 401 g/mol. The first kappa shape index (κ1) is 12.7. The molecule has 0 N–H and O–H groups in total. The molecule has 1 aliphatic rings. The van der Waals surface area contributed by atoms with Crippen molar-refractivity contribution in [1.82, 2.24) is 4.98 Å². The topological polar surface area (TPSA) is 22.1 Å². The molecule has 0 saturated heterocycles. The molecule has 2 nitrogen and oxygen atoms in total. The summed E-state index contributed by atoms with van der Waals surface area (Å²) in [6.07, 6.45) is 0. The summed E-state index contributed by atoms with van der Waals surface area (Å²) >= 11 is 12.8. The average Bonchev–Trinajstić information content (AvgIpc) is 2.32. The molecule has 1 aromatic heterocycles. The summed E-state index contributed by atoms with van der Waals surface area (Å²) in [5.41, 5.74) is 1.74. The van der Waals surface area contributed by atoms with Gasteiger partial charge in [0.1, 0.15) is 16.3 Å². The van der Waals surface area contributed by atoms with Crippen LogP contribution in [0.3, 0.4) is 0 Å². The molecule has 2 atom stereocenters. The standard InChI is InChI=1S/C8H6Br2ClNO.BrH/c1-3-4(11)2-5-7(12-3)6(9)8(10)13-5;/h2,6,8H,1H3;1H. The average molecular weight is 408 g/mol. The van der Waals surface area contributed by atoms with E-state index in [9.17, 15) is 0 Å². The Labute approximate surface area is 114 Å². The summed E-state index contributed by atoms with van der Waals surface area (Å²) < 4.78 is 5.48. The van der Waals surface area contributed by atoms with Crippen molar-refractivity contribution in [3.05, 3.63) is 22.5 Å². The molecule has 0 fully saturated rings. The molecular formula is C8H7Br3ClNO. The van der Waals surface area contributed by atoms with Gasteiger partial charge in [0.05, 0.1) is 10.7 Å². The molecule has 2 heterocycles. The van der Waals surface area contributed by atoms with Gasteiger partial charge in [-0.2, -0.15) is 0 Å². The Balaban J connectivity index is 0.000000980. The van der Waals surface area contributed by atoms with Crippen LogP contribution >= 0.6 is 60.4 Å². The molecule has 1 aliphatic heterocycles. The number of aryl methyl sites for hydroxylation is 1. The quantitative estimate of drug-likeness (QED) is 0.602. The molecule has 0 saturated carbocycles. The van der Waals surface area contributed by atoms with Gasteiger partial charge in [0, 0.05) is 6.07 Å². The minimum Gasteiger partial charge on any atom is -0.476 e. The Hall–Kier alpha value is 0.680. The van der Waals surface area contributed by atoms with Crippen LogP contribution in [0.25, 0.3) is 0 Å². The van der Waals surface area contributed by atoms with Gasteiger partial charge in [0.15, 0.2) is 5.01 Å². The van der Waals surface area contributed by atoms with Crippen LogP contribution in [0.15, 0.2) is 6.07 Å². The number of alkyl halides is 2. The molecule has 2 unspecified atom stereocenters. The van der Waals surface area contributed by atoms with E-state index < -0.39 is 0 Å². The zero-order chi connectivity index (χ0) is 9.59. The first-order valence-electron chi connectivity index (χ1n) is 3.71. The molecule has 0 aromatic carbocycles. The Morgan fingerprint density at radius 1 is 1.50 bits per heavy atom. The highest BCUT2D eigenvalue weighted by atomic mass is 79.9. The maximum atomic E-state index is 5.91. The van der Waals surface area contributed by atoms with Crippen LogP contribution in [0, 0.1) is 6.92 Å². The highest BCUT2D eigenvalue weighted by Crippen LogP contribution is 2.44. The van der Waals surface area contributed by atoms with Crippen molar-refractivity contribution in [3.8, 4) is 5.75 Å². The van der Waals surface area contributed by atoms with Crippen molar-refractivity contribution in [2.75, 3.05) is 0 Å². The maximum absolute atomic E-state index is 5.91. The fourth-order valence-corrected chi connectivity index (χ4v) is 2.21. The van der Waals surface area contributed by atoms with Crippen LogP contribution in [0.5, 0.6) is 5.75 Å². The Kier molecular flexibility index (Phi) is 4.26. The largest absolute Gasteiger partial charge is 0.476 e. The summed E-state index contributed by atoms with van der Waals surface area (Å²) in [4.78, 5) is 4.45. The Morgan fingerprint density at radius 3 is 2.79 bits per heavy atom. The van der Waals surface area contributed by atoms with E-state index in [-0.39, 0.29) is 26.8 Å². The van der Waals surface area contributed by atoms with Gasteiger partial charge in [-0.15, -0.1) is 17.0 Å². The van der Waals surface area contributed by atoms with Crippen LogP contribution in [-0.2, 0) is 0 Å². The van der Waals surface area contributed by atoms with E-state index in [1.165, 1.54) is 0 Å². The summed E-state index contributed by atoms with van der Waals surface area (Å²) in [5.74, 6) is 0.749. The summed E-state index contributed by atoms with van der Waals surface area (Å²) in [6, 6.07) is 1.80. The molecule has 1 aromatic rings. The van der Waals surface area contributed by atoms with Crippen molar-refractivity contribution < 1.29 is 4.74 Å². The highest BCUT2D eigenvalue weighted by Gasteiger charge is 2.32. The van der Waals surface area contributed by atoms with E-state index in [0.29, 0.717) is 5.02 Å². The van der Waals surface area contributed by atoms with Crippen LogP contribution in [0.2, 0.25) is 5.02 Å². The zero-order valence-electron chi connectivity index (χ0n) is 7.13. The SMILES string of the molecule is Br.Cc1nc2c(cc1Cl)OC(Br)C2Br. The van der Waals surface area contributed by atoms with Crippen molar-refractivity contribution in [2.45, 2.75) is 16.8 Å². The van der Waals surface area contributed by atoms with Gasteiger partial charge in [-0.25, -0.2) is 0 Å². The van der Waals surface area contributed by atoms with Gasteiger partial charge in [-0.1, -0.05) is 27.5 Å². The van der Waals surface area contributed by atoms with E-state index in [4.69, 9.17) is 16.3 Å². The minimum absolute atomic E-state index is 0. The molecule has 14 heavy (non-hydrogen) atoms. The van der Waals surface area contributed by atoms with Gasteiger partial charge in [0.2, 0.25) is 0 Å². The number of pyridine rings is 1. The van der Waals surface area contributed by atoms with E-state index in [2.05, 4.69) is 36.8 Å². The molecule has 2 rings (SSSR count). The van der Waals surface area contributed by atoms with Gasteiger partial charge >= 0.3 is 0 Å². The molecule has 0 bridgehead atoms. The fourth-order valence-electron chi connectivity index (χ4n) is 1.18. The minimum atomic E-state index is -0.0622. The van der Waals surface area contributed by atoms with Crippen molar-refractivity contribution in [1.29, 1.82) is 0 Å². The third-order valence-electron chi connectivity index (χ3n) is 1.87. The second kappa shape index (κ2) is 4.68. The molecule has 0 radical (unpaired) electrons. The van der Waals surface area contributed by atoms with Gasteiger partial charge in [0.25, 0.3) is 0 Å². The normalized spacial score (nSPS) is 23.7. The third kappa shape index (κ3) is 2.10. The lowest BCUT2D eigenvalue weighted by Gasteiger charge is -2.02. The van der Waals surface area contributed by atoms with Crippen molar-refractivity contribution >= 4 is 60.4 Å². The van der Waals surface area contributed by atoms with E-state index in [0.717, 1.165) is 17.1 Å². The number of fused-ring (bicyclic) bond motifs is 1. The maximum Gasteiger partial charge on any atom is 0.171 e. The van der Waals surface area contributed by atoms with Crippen LogP contribution in [0.1, 0.15) is 16.2 Å². The predicted octanol–water partition coefficient (Wildman–Crippen LogP) is 4.17. The van der Waals surface area contributed by atoms with Crippen LogP contribution in [0.4, 0.5) is 0 Å². The molecule has 0 amide bonds. The predicted molar refractivity (Wildman–Crippen MR) is 69.3 cm³/mol. The van der Waals surface area contributed by atoms with Crippen LogP contribution in [-0.4, -0.2) is 10.00 Å². The highest BCUT2D eigenvalue weighted by molar-refractivity contribution is 9.12. The molecule has 78 valence electrons.